The number of hydrogen-bond donors (Lipinski definition) is 3. The molecular weight excluding hydrogens is 218 g/mol. The van der Waals surface area contributed by atoms with Crippen molar-refractivity contribution in [2.45, 2.75) is 0 Å². The van der Waals surface area contributed by atoms with Crippen LogP contribution in [0.1, 0.15) is 0 Å². The molecule has 0 atom stereocenters. The van der Waals surface area contributed by atoms with Crippen molar-refractivity contribution in [3.63, 3.8) is 0 Å². The largest absolute Gasteiger partial charge is 0.494 e. The molecule has 17 heavy (non-hydrogen) atoms. The average molecular weight is 229 g/mol. The van der Waals surface area contributed by atoms with Crippen molar-refractivity contribution in [2.75, 3.05) is 0 Å². The van der Waals surface area contributed by atoms with Crippen LogP contribution in [-0.4, -0.2) is 24.7 Å². The first kappa shape index (κ1) is 9.77. The van der Waals surface area contributed by atoms with E-state index < -0.39 is 0 Å². The van der Waals surface area contributed by atoms with Crippen molar-refractivity contribution >= 4 is 11.0 Å². The molecule has 0 radical (unpaired) electrons. The third-order valence-corrected chi connectivity index (χ3v) is 2.92. The molecule has 0 saturated carbocycles. The molecule has 3 heterocycles. The maximum Gasteiger partial charge on any atom is 0.201 e. The van der Waals surface area contributed by atoms with Gasteiger partial charge in [0.15, 0.2) is 5.88 Å². The standard InChI is InChI=1S/C12H11N3O2/c1-15-10(16)5-8(12(15)17)9-6-14-11-7(9)3-2-4-13-11/h2-6,16-17H,1H3,(H,13,14). The Bertz CT molecular complexity index is 697. The average Bonchev–Trinajstić information content (AvgIpc) is 2.86. The van der Waals surface area contributed by atoms with Gasteiger partial charge in [-0.1, -0.05) is 0 Å². The minimum atomic E-state index is 0.0238. The third kappa shape index (κ3) is 1.29. The van der Waals surface area contributed by atoms with Crippen LogP contribution >= 0.6 is 0 Å². The molecular formula is C12H11N3O2. The Morgan fingerprint density at radius 2 is 2.12 bits per heavy atom. The van der Waals surface area contributed by atoms with Crippen molar-refractivity contribution in [1.82, 2.24) is 14.5 Å². The number of fused-ring (bicyclic) bond motifs is 1. The van der Waals surface area contributed by atoms with Crippen LogP contribution in [0.4, 0.5) is 0 Å². The molecule has 3 aromatic rings. The molecule has 3 N–H and O–H groups in total. The van der Waals surface area contributed by atoms with E-state index in [2.05, 4.69) is 9.97 Å². The van der Waals surface area contributed by atoms with Gasteiger partial charge in [0.05, 0.1) is 0 Å². The van der Waals surface area contributed by atoms with Crippen molar-refractivity contribution < 1.29 is 10.2 Å². The molecule has 0 spiro atoms. The highest BCUT2D eigenvalue weighted by Crippen LogP contribution is 2.37. The van der Waals surface area contributed by atoms with Gasteiger partial charge in [-0.15, -0.1) is 0 Å². The molecule has 0 aliphatic carbocycles. The third-order valence-electron chi connectivity index (χ3n) is 2.92. The van der Waals surface area contributed by atoms with Gasteiger partial charge in [0.1, 0.15) is 5.65 Å². The zero-order chi connectivity index (χ0) is 12.0. The van der Waals surface area contributed by atoms with Gasteiger partial charge >= 0.3 is 0 Å². The normalized spacial score (nSPS) is 11.1. The highest BCUT2D eigenvalue weighted by molar-refractivity contribution is 5.95. The summed E-state index contributed by atoms with van der Waals surface area (Å²) in [5.41, 5.74) is 2.16. The number of aromatic hydroxyl groups is 2. The Hall–Kier alpha value is -2.43. The number of H-pyrrole nitrogens is 1. The van der Waals surface area contributed by atoms with Crippen molar-refractivity contribution in [3.05, 3.63) is 30.6 Å². The van der Waals surface area contributed by atoms with E-state index in [1.165, 1.54) is 10.6 Å². The second-order valence-electron chi connectivity index (χ2n) is 3.90. The molecule has 0 aliphatic heterocycles. The van der Waals surface area contributed by atoms with E-state index in [1.807, 2.05) is 12.1 Å². The first-order chi connectivity index (χ1) is 8.18. The topological polar surface area (TPSA) is 74.1 Å². The quantitative estimate of drug-likeness (QED) is 0.597. The van der Waals surface area contributed by atoms with Crippen LogP contribution in [0.25, 0.3) is 22.2 Å². The first-order valence-corrected chi connectivity index (χ1v) is 5.18. The number of aromatic nitrogens is 3. The van der Waals surface area contributed by atoms with Gasteiger partial charge in [0, 0.05) is 42.0 Å². The first-order valence-electron chi connectivity index (χ1n) is 5.18. The van der Waals surface area contributed by atoms with Crippen molar-refractivity contribution in [2.24, 2.45) is 7.05 Å². The molecule has 0 fully saturated rings. The lowest BCUT2D eigenvalue weighted by Gasteiger charge is -1.98. The van der Waals surface area contributed by atoms with Crippen molar-refractivity contribution in [1.29, 1.82) is 0 Å². The smallest absolute Gasteiger partial charge is 0.201 e. The van der Waals surface area contributed by atoms with Crippen LogP contribution in [-0.2, 0) is 7.05 Å². The summed E-state index contributed by atoms with van der Waals surface area (Å²) in [7, 11) is 1.60. The highest BCUT2D eigenvalue weighted by atomic mass is 16.3. The SMILES string of the molecule is Cn1c(O)cc(-c2c[nH]c3ncccc23)c1O. The van der Waals surface area contributed by atoms with Crippen LogP contribution in [0.3, 0.4) is 0 Å². The Kier molecular flexibility index (Phi) is 1.89. The van der Waals surface area contributed by atoms with Gasteiger partial charge < -0.3 is 15.2 Å². The summed E-state index contributed by atoms with van der Waals surface area (Å²) < 4.78 is 1.32. The Morgan fingerprint density at radius 1 is 1.29 bits per heavy atom. The van der Waals surface area contributed by atoms with Crippen LogP contribution in [0.5, 0.6) is 11.8 Å². The molecule has 3 aromatic heterocycles. The highest BCUT2D eigenvalue weighted by Gasteiger charge is 2.16. The lowest BCUT2D eigenvalue weighted by atomic mass is 10.1. The summed E-state index contributed by atoms with van der Waals surface area (Å²) in [6.45, 7) is 0. The van der Waals surface area contributed by atoms with Crippen LogP contribution in [0.2, 0.25) is 0 Å². The molecule has 0 unspecified atom stereocenters. The monoisotopic (exact) mass is 229 g/mol. The molecule has 0 aliphatic rings. The number of rotatable bonds is 1. The summed E-state index contributed by atoms with van der Waals surface area (Å²) >= 11 is 0. The molecule has 3 rings (SSSR count). The second-order valence-corrected chi connectivity index (χ2v) is 3.90. The van der Waals surface area contributed by atoms with Crippen LogP contribution in [0.15, 0.2) is 30.6 Å². The van der Waals surface area contributed by atoms with E-state index in [-0.39, 0.29) is 11.8 Å². The minimum Gasteiger partial charge on any atom is -0.494 e. The van der Waals surface area contributed by atoms with Gasteiger partial charge in [0.25, 0.3) is 0 Å². The number of pyridine rings is 1. The Morgan fingerprint density at radius 3 is 2.82 bits per heavy atom. The van der Waals surface area contributed by atoms with E-state index >= 15 is 0 Å². The maximum absolute atomic E-state index is 9.92. The summed E-state index contributed by atoms with van der Waals surface area (Å²) in [4.78, 5) is 7.21. The number of aromatic amines is 1. The summed E-state index contributed by atoms with van der Waals surface area (Å²) in [6.07, 6.45) is 3.47. The second kappa shape index (κ2) is 3.28. The summed E-state index contributed by atoms with van der Waals surface area (Å²) in [6, 6.07) is 5.28. The fraction of sp³-hybridized carbons (Fsp3) is 0.0833. The van der Waals surface area contributed by atoms with E-state index in [0.717, 1.165) is 16.6 Å². The predicted octanol–water partition coefficient (Wildman–Crippen LogP) is 1.98. The zero-order valence-corrected chi connectivity index (χ0v) is 9.18. The van der Waals surface area contributed by atoms with Gasteiger partial charge in [0.2, 0.25) is 5.88 Å². The summed E-state index contributed by atoms with van der Waals surface area (Å²) in [5, 5.41) is 20.4. The van der Waals surface area contributed by atoms with Gasteiger partial charge in [-0.05, 0) is 12.1 Å². The Labute approximate surface area is 97.0 Å². The molecule has 0 saturated heterocycles. The number of nitrogens with one attached hydrogen (secondary N) is 1. The van der Waals surface area contributed by atoms with E-state index in [0.29, 0.717) is 5.56 Å². The lowest BCUT2D eigenvalue weighted by Crippen LogP contribution is -1.84. The van der Waals surface area contributed by atoms with E-state index in [4.69, 9.17) is 0 Å². The van der Waals surface area contributed by atoms with Gasteiger partial charge in [-0.2, -0.15) is 0 Å². The van der Waals surface area contributed by atoms with Crippen LogP contribution < -0.4 is 0 Å². The van der Waals surface area contributed by atoms with E-state index in [9.17, 15) is 10.2 Å². The molecule has 5 heteroatoms. The van der Waals surface area contributed by atoms with Gasteiger partial charge in [-0.25, -0.2) is 4.98 Å². The number of hydrogen-bond acceptors (Lipinski definition) is 3. The van der Waals surface area contributed by atoms with Gasteiger partial charge in [-0.3, -0.25) is 4.57 Å². The summed E-state index contributed by atoms with van der Waals surface area (Å²) in [5.74, 6) is 0.0583. The molecule has 0 amide bonds. The Balaban J connectivity index is 2.31. The fourth-order valence-corrected chi connectivity index (χ4v) is 1.96. The molecule has 0 bridgehead atoms. The molecule has 0 aromatic carbocycles. The molecule has 5 nitrogen and oxygen atoms in total. The maximum atomic E-state index is 9.92. The lowest BCUT2D eigenvalue weighted by molar-refractivity contribution is 0.387. The van der Waals surface area contributed by atoms with Crippen LogP contribution in [0, 0.1) is 0 Å². The molecule has 86 valence electrons. The zero-order valence-electron chi connectivity index (χ0n) is 9.18. The van der Waals surface area contributed by atoms with E-state index in [1.54, 1.807) is 19.4 Å². The predicted molar refractivity (Wildman–Crippen MR) is 63.8 cm³/mol. The number of nitrogens with zero attached hydrogens (tertiary/aromatic N) is 2. The minimum absolute atomic E-state index is 0.0238. The fourth-order valence-electron chi connectivity index (χ4n) is 1.96. The van der Waals surface area contributed by atoms with Crippen molar-refractivity contribution in [3.8, 4) is 22.9 Å².